The summed E-state index contributed by atoms with van der Waals surface area (Å²) >= 11 is 0. The molecule has 0 fully saturated rings. The van der Waals surface area contributed by atoms with E-state index in [1.54, 1.807) is 7.11 Å². The van der Waals surface area contributed by atoms with Crippen molar-refractivity contribution in [2.75, 3.05) is 13.9 Å². The van der Waals surface area contributed by atoms with E-state index in [1.807, 2.05) is 49.4 Å². The first kappa shape index (κ1) is 14.4. The molecule has 1 atom stereocenters. The smallest absolute Gasteiger partial charge is 0.231 e. The third-order valence-electron chi connectivity index (χ3n) is 4.04. The summed E-state index contributed by atoms with van der Waals surface area (Å²) in [6, 6.07) is 13.4. The quantitative estimate of drug-likeness (QED) is 0.796. The highest BCUT2D eigenvalue weighted by Gasteiger charge is 2.29. The molecule has 114 valence electrons. The van der Waals surface area contributed by atoms with Crippen molar-refractivity contribution in [1.82, 2.24) is 0 Å². The van der Waals surface area contributed by atoms with Gasteiger partial charge in [0, 0.05) is 0 Å². The molecule has 1 aliphatic heterocycles. The number of rotatable bonds is 5. The van der Waals surface area contributed by atoms with E-state index in [0.717, 1.165) is 23.2 Å². The Labute approximate surface area is 129 Å². The molecule has 3 rings (SSSR count). The number of carbonyl (C=O) groups excluding carboxylic acids is 1. The topological polar surface area (TPSA) is 44.8 Å². The van der Waals surface area contributed by atoms with Gasteiger partial charge < -0.3 is 19.0 Å². The molecule has 4 nitrogen and oxygen atoms in total. The monoisotopic (exact) mass is 298 g/mol. The number of methoxy groups -OCH3 is 1. The fraction of sp³-hybridized carbons (Fsp3) is 0.278. The van der Waals surface area contributed by atoms with Crippen LogP contribution in [0.2, 0.25) is 0 Å². The van der Waals surface area contributed by atoms with Crippen molar-refractivity contribution in [3.63, 3.8) is 0 Å². The highest BCUT2D eigenvalue weighted by Crippen LogP contribution is 2.38. The molecule has 0 spiro atoms. The van der Waals surface area contributed by atoms with Crippen LogP contribution in [0.15, 0.2) is 42.5 Å². The first-order valence-corrected chi connectivity index (χ1v) is 7.14. The molecule has 1 heterocycles. The largest absolute Gasteiger partial charge is 0.496 e. The highest BCUT2D eigenvalue weighted by atomic mass is 16.7. The number of hydrogen-bond donors (Lipinski definition) is 0. The van der Waals surface area contributed by atoms with Gasteiger partial charge in [0.2, 0.25) is 6.79 Å². The average Bonchev–Trinajstić information content (AvgIpc) is 3.02. The molecule has 0 saturated heterocycles. The van der Waals surface area contributed by atoms with Crippen LogP contribution < -0.4 is 14.2 Å². The van der Waals surface area contributed by atoms with E-state index >= 15 is 0 Å². The van der Waals surface area contributed by atoms with Gasteiger partial charge in [0.05, 0.1) is 12.5 Å². The fourth-order valence-corrected chi connectivity index (χ4v) is 2.71. The number of benzene rings is 2. The molecule has 0 bridgehead atoms. The zero-order valence-electron chi connectivity index (χ0n) is 12.7. The Bertz CT molecular complexity index is 695. The van der Waals surface area contributed by atoms with Gasteiger partial charge >= 0.3 is 0 Å². The van der Waals surface area contributed by atoms with E-state index in [2.05, 4.69) is 0 Å². The molecule has 0 amide bonds. The summed E-state index contributed by atoms with van der Waals surface area (Å²) in [5.41, 5.74) is 1.24. The molecule has 4 heteroatoms. The molecule has 2 aromatic rings. The number of aldehydes is 1. The zero-order chi connectivity index (χ0) is 15.6. The van der Waals surface area contributed by atoms with Crippen LogP contribution in [0, 0.1) is 0 Å². The van der Waals surface area contributed by atoms with Gasteiger partial charge in [-0.15, -0.1) is 0 Å². The third-order valence-corrected chi connectivity index (χ3v) is 4.04. The van der Waals surface area contributed by atoms with Gasteiger partial charge in [-0.3, -0.25) is 0 Å². The number of carbonyl (C=O) groups is 1. The minimum absolute atomic E-state index is 0.225. The van der Waals surface area contributed by atoms with Crippen LogP contribution in [-0.2, 0) is 16.6 Å². The van der Waals surface area contributed by atoms with Crippen molar-refractivity contribution in [3.05, 3.63) is 53.6 Å². The maximum atomic E-state index is 11.8. The van der Waals surface area contributed by atoms with E-state index in [4.69, 9.17) is 14.2 Å². The van der Waals surface area contributed by atoms with Crippen LogP contribution in [0.4, 0.5) is 0 Å². The lowest BCUT2D eigenvalue weighted by Crippen LogP contribution is -2.27. The molecular formula is C18H18O4. The molecular weight excluding hydrogens is 280 g/mol. The van der Waals surface area contributed by atoms with E-state index < -0.39 is 5.41 Å². The van der Waals surface area contributed by atoms with Crippen molar-refractivity contribution in [3.8, 4) is 17.2 Å². The van der Waals surface area contributed by atoms with Gasteiger partial charge in [-0.2, -0.15) is 0 Å². The Hall–Kier alpha value is -2.49. The summed E-state index contributed by atoms with van der Waals surface area (Å²) in [4.78, 5) is 11.8. The van der Waals surface area contributed by atoms with E-state index in [0.29, 0.717) is 17.9 Å². The van der Waals surface area contributed by atoms with Gasteiger partial charge in [0.25, 0.3) is 0 Å². The van der Waals surface area contributed by atoms with Crippen LogP contribution in [0.1, 0.15) is 18.1 Å². The van der Waals surface area contributed by atoms with Gasteiger partial charge in [0.15, 0.2) is 11.5 Å². The predicted octanol–water partition coefficient (Wildman–Crippen LogP) is 3.12. The van der Waals surface area contributed by atoms with Crippen molar-refractivity contribution in [2.24, 2.45) is 0 Å². The molecule has 1 unspecified atom stereocenters. The number of para-hydroxylation sites is 1. The highest BCUT2D eigenvalue weighted by molar-refractivity contribution is 5.70. The van der Waals surface area contributed by atoms with Gasteiger partial charge in [-0.1, -0.05) is 24.3 Å². The molecule has 2 aromatic carbocycles. The third kappa shape index (κ3) is 2.52. The Kier molecular flexibility index (Phi) is 3.75. The van der Waals surface area contributed by atoms with Gasteiger partial charge in [0.1, 0.15) is 12.0 Å². The maximum absolute atomic E-state index is 11.8. The Morgan fingerprint density at radius 2 is 1.95 bits per heavy atom. The van der Waals surface area contributed by atoms with E-state index in [1.165, 1.54) is 0 Å². The minimum Gasteiger partial charge on any atom is -0.496 e. The Morgan fingerprint density at radius 3 is 2.73 bits per heavy atom. The minimum atomic E-state index is -0.657. The molecule has 1 aliphatic rings. The van der Waals surface area contributed by atoms with E-state index in [9.17, 15) is 4.79 Å². The predicted molar refractivity (Wildman–Crippen MR) is 82.7 cm³/mol. The van der Waals surface area contributed by atoms with Crippen molar-refractivity contribution < 1.29 is 19.0 Å². The zero-order valence-corrected chi connectivity index (χ0v) is 12.7. The summed E-state index contributed by atoms with van der Waals surface area (Å²) in [6.45, 7) is 2.15. The van der Waals surface area contributed by atoms with Crippen molar-refractivity contribution >= 4 is 6.29 Å². The second-order valence-corrected chi connectivity index (χ2v) is 5.59. The Balaban J connectivity index is 1.96. The van der Waals surface area contributed by atoms with Crippen LogP contribution in [-0.4, -0.2) is 20.2 Å². The van der Waals surface area contributed by atoms with Gasteiger partial charge in [-0.05, 0) is 42.7 Å². The summed E-state index contributed by atoms with van der Waals surface area (Å²) in [5, 5.41) is 0. The SMILES string of the molecule is COc1ccccc1CC(C)(C=O)c1ccc2c(c1)OCO2. The summed E-state index contributed by atoms with van der Waals surface area (Å²) in [5.74, 6) is 2.19. The standard InChI is InChI=1S/C18H18O4/c1-18(11-19,10-13-5-3-4-6-15(13)20-2)14-7-8-16-17(9-14)22-12-21-16/h3-9,11H,10,12H2,1-2H3. The molecule has 0 saturated carbocycles. The van der Waals surface area contributed by atoms with Gasteiger partial charge in [-0.25, -0.2) is 0 Å². The fourth-order valence-electron chi connectivity index (χ4n) is 2.71. The normalized spacial score (nSPS) is 15.2. The molecule has 0 aliphatic carbocycles. The summed E-state index contributed by atoms with van der Waals surface area (Å²) in [6.07, 6.45) is 1.54. The number of hydrogen-bond acceptors (Lipinski definition) is 4. The van der Waals surface area contributed by atoms with Crippen LogP contribution in [0.25, 0.3) is 0 Å². The second kappa shape index (κ2) is 5.72. The lowest BCUT2D eigenvalue weighted by atomic mass is 9.78. The maximum Gasteiger partial charge on any atom is 0.231 e. The lowest BCUT2D eigenvalue weighted by Gasteiger charge is -2.25. The lowest BCUT2D eigenvalue weighted by molar-refractivity contribution is -0.112. The van der Waals surface area contributed by atoms with Crippen LogP contribution in [0.5, 0.6) is 17.2 Å². The van der Waals surface area contributed by atoms with E-state index in [-0.39, 0.29) is 6.79 Å². The van der Waals surface area contributed by atoms with Crippen LogP contribution in [0.3, 0.4) is 0 Å². The van der Waals surface area contributed by atoms with Crippen molar-refractivity contribution in [1.29, 1.82) is 0 Å². The number of ether oxygens (including phenoxy) is 3. The summed E-state index contributed by atoms with van der Waals surface area (Å²) < 4.78 is 16.1. The average molecular weight is 298 g/mol. The molecule has 0 N–H and O–H groups in total. The Morgan fingerprint density at radius 1 is 1.18 bits per heavy atom. The molecule has 22 heavy (non-hydrogen) atoms. The second-order valence-electron chi connectivity index (χ2n) is 5.59. The summed E-state index contributed by atoms with van der Waals surface area (Å²) in [7, 11) is 1.64. The number of fused-ring (bicyclic) bond motifs is 1. The van der Waals surface area contributed by atoms with Crippen LogP contribution >= 0.6 is 0 Å². The molecule has 0 aromatic heterocycles. The first-order valence-electron chi connectivity index (χ1n) is 7.14. The molecule has 0 radical (unpaired) electrons. The first-order chi connectivity index (χ1) is 10.7. The van der Waals surface area contributed by atoms with Crippen molar-refractivity contribution in [2.45, 2.75) is 18.8 Å².